The van der Waals surface area contributed by atoms with Crippen LogP contribution < -0.4 is 15.2 Å². The Morgan fingerprint density at radius 1 is 1.15 bits per heavy atom. The van der Waals surface area contributed by atoms with Gasteiger partial charge in [0, 0.05) is 24.5 Å². The van der Waals surface area contributed by atoms with Crippen molar-refractivity contribution in [3.05, 3.63) is 72.4 Å². The number of nitrogens with zero attached hydrogens (tertiary/aromatic N) is 1. The van der Waals surface area contributed by atoms with Crippen LogP contribution in [0.2, 0.25) is 0 Å². The maximum Gasteiger partial charge on any atom is 0.329 e. The number of hydrogen-bond donors (Lipinski definition) is 3. The normalized spacial score (nSPS) is 13.0. The number of aryl methyl sites for hydroxylation is 1. The summed E-state index contributed by atoms with van der Waals surface area (Å²) in [5.74, 6) is 0.0297. The average molecular weight is 469 g/mol. The summed E-state index contributed by atoms with van der Waals surface area (Å²) in [6, 6.07) is 16.6. The van der Waals surface area contributed by atoms with Crippen LogP contribution in [-0.4, -0.2) is 37.8 Å². The minimum Gasteiger partial charge on any atom is -0.424 e. The molecule has 33 heavy (non-hydrogen) atoms. The van der Waals surface area contributed by atoms with Gasteiger partial charge in [-0.25, -0.2) is 13.2 Å². The zero-order valence-corrected chi connectivity index (χ0v) is 19.4. The predicted octanol–water partition coefficient (Wildman–Crippen LogP) is 3.40. The number of sulfonamides is 1. The molecule has 3 rings (SSSR count). The molecule has 4 N–H and O–H groups in total. The third-order valence-electron chi connectivity index (χ3n) is 4.89. The fourth-order valence-corrected chi connectivity index (χ4v) is 4.37. The van der Waals surface area contributed by atoms with Gasteiger partial charge in [0.05, 0.1) is 10.7 Å². The van der Waals surface area contributed by atoms with Gasteiger partial charge in [-0.05, 0) is 44.4 Å². The Bertz CT molecular complexity index is 1200. The highest BCUT2D eigenvalue weighted by atomic mass is 32.2. The number of nitrogens with two attached hydrogens (primary N) is 1. The highest BCUT2D eigenvalue weighted by Crippen LogP contribution is 2.23. The van der Waals surface area contributed by atoms with E-state index in [4.69, 9.17) is 10.5 Å². The molecule has 0 aliphatic carbocycles. The van der Waals surface area contributed by atoms with Crippen molar-refractivity contribution in [2.75, 3.05) is 6.54 Å². The van der Waals surface area contributed by atoms with Gasteiger partial charge in [0.2, 0.25) is 10.0 Å². The van der Waals surface area contributed by atoms with Gasteiger partial charge in [-0.2, -0.15) is 4.72 Å². The van der Waals surface area contributed by atoms with Crippen molar-refractivity contribution in [3.8, 4) is 17.0 Å². The average Bonchev–Trinajstić information content (AvgIpc) is 3.25. The number of aliphatic imine (C=N–C) groups is 1. The quantitative estimate of drug-likeness (QED) is 0.182. The van der Waals surface area contributed by atoms with E-state index in [0.717, 1.165) is 16.8 Å². The van der Waals surface area contributed by atoms with E-state index in [1.54, 1.807) is 31.3 Å². The van der Waals surface area contributed by atoms with Crippen molar-refractivity contribution >= 4 is 21.8 Å². The number of ether oxygens (including phenoxy) is 1. The highest BCUT2D eigenvalue weighted by Gasteiger charge is 2.27. The summed E-state index contributed by atoms with van der Waals surface area (Å²) in [6.07, 6.45) is 2.22. The lowest BCUT2D eigenvalue weighted by atomic mass is 10.1. The first kappa shape index (κ1) is 24.2. The molecular weight excluding hydrogens is 440 g/mol. The second-order valence-electron chi connectivity index (χ2n) is 7.69. The Hall–Kier alpha value is -3.43. The van der Waals surface area contributed by atoms with E-state index in [0.29, 0.717) is 24.6 Å². The molecule has 174 valence electrons. The lowest BCUT2D eigenvalue weighted by Crippen LogP contribution is -2.43. The molecule has 3 aromatic rings. The van der Waals surface area contributed by atoms with Crippen LogP contribution in [0, 0.1) is 6.92 Å². The zero-order chi connectivity index (χ0) is 23.8. The molecule has 1 heterocycles. The van der Waals surface area contributed by atoms with E-state index in [-0.39, 0.29) is 11.3 Å². The first-order valence-electron chi connectivity index (χ1n) is 10.6. The molecule has 0 amide bonds. The minimum absolute atomic E-state index is 0.0785. The maximum absolute atomic E-state index is 12.9. The van der Waals surface area contributed by atoms with Gasteiger partial charge in [-0.1, -0.05) is 48.0 Å². The summed E-state index contributed by atoms with van der Waals surface area (Å²) in [4.78, 5) is 20.2. The van der Waals surface area contributed by atoms with Gasteiger partial charge in [0.1, 0.15) is 11.8 Å². The van der Waals surface area contributed by atoms with Crippen LogP contribution in [0.25, 0.3) is 11.3 Å². The van der Waals surface area contributed by atoms with Crippen molar-refractivity contribution in [1.29, 1.82) is 0 Å². The highest BCUT2D eigenvalue weighted by molar-refractivity contribution is 7.89. The molecule has 0 fully saturated rings. The Labute approximate surface area is 193 Å². The molecule has 0 unspecified atom stereocenters. The zero-order valence-electron chi connectivity index (χ0n) is 18.6. The Morgan fingerprint density at radius 3 is 2.52 bits per heavy atom. The van der Waals surface area contributed by atoms with Crippen molar-refractivity contribution in [2.24, 2.45) is 10.7 Å². The first-order chi connectivity index (χ1) is 15.7. The van der Waals surface area contributed by atoms with Crippen LogP contribution in [0.15, 0.2) is 76.7 Å². The van der Waals surface area contributed by atoms with Gasteiger partial charge >= 0.3 is 5.97 Å². The number of carbonyl (C=O) groups is 1. The van der Waals surface area contributed by atoms with Gasteiger partial charge in [0.15, 0.2) is 0 Å². The third-order valence-corrected chi connectivity index (χ3v) is 6.37. The molecule has 1 aromatic heterocycles. The lowest BCUT2D eigenvalue weighted by Gasteiger charge is -2.17. The topological polar surface area (TPSA) is 127 Å². The number of aromatic amines is 1. The molecule has 0 saturated heterocycles. The Kier molecular flexibility index (Phi) is 8.02. The number of benzene rings is 2. The monoisotopic (exact) mass is 468 g/mol. The Morgan fingerprint density at radius 2 is 1.85 bits per heavy atom. The molecule has 1 atom stereocenters. The molecule has 0 aliphatic heterocycles. The predicted molar refractivity (Wildman–Crippen MR) is 129 cm³/mol. The number of hydrogen-bond acceptors (Lipinski definition) is 5. The number of esters is 1. The van der Waals surface area contributed by atoms with Crippen LogP contribution in [-0.2, 0) is 14.8 Å². The van der Waals surface area contributed by atoms with Crippen molar-refractivity contribution in [3.63, 3.8) is 0 Å². The molecule has 0 radical (unpaired) electrons. The molecule has 0 spiro atoms. The van der Waals surface area contributed by atoms with E-state index in [9.17, 15) is 13.2 Å². The number of H-pyrrole nitrogens is 1. The number of nitrogens with one attached hydrogen (secondary N) is 2. The van der Waals surface area contributed by atoms with Crippen molar-refractivity contribution in [1.82, 2.24) is 9.71 Å². The number of rotatable bonds is 10. The maximum atomic E-state index is 12.9. The SMILES string of the molecule is CC(N)=NCCC[C@H](NS(=O)(=O)c1ccc(C)cc1)C(=O)Oc1c[nH]c(-c2ccccc2)c1. The first-order valence-corrected chi connectivity index (χ1v) is 12.0. The van der Waals surface area contributed by atoms with Crippen LogP contribution >= 0.6 is 0 Å². The minimum atomic E-state index is -3.92. The summed E-state index contributed by atoms with van der Waals surface area (Å²) < 4.78 is 33.7. The van der Waals surface area contributed by atoms with E-state index in [1.807, 2.05) is 37.3 Å². The summed E-state index contributed by atoms with van der Waals surface area (Å²) in [6.45, 7) is 3.91. The summed E-state index contributed by atoms with van der Waals surface area (Å²) in [5, 5.41) is 0. The summed E-state index contributed by atoms with van der Waals surface area (Å²) >= 11 is 0. The fourth-order valence-electron chi connectivity index (χ4n) is 3.15. The fraction of sp³-hybridized carbons (Fsp3) is 0.250. The molecule has 2 aromatic carbocycles. The van der Waals surface area contributed by atoms with E-state index < -0.39 is 22.0 Å². The Balaban J connectivity index is 1.75. The lowest BCUT2D eigenvalue weighted by molar-refractivity contribution is -0.136. The molecular formula is C24H28N4O4S. The summed E-state index contributed by atoms with van der Waals surface area (Å²) in [7, 11) is -3.92. The molecule has 0 aliphatic rings. The van der Waals surface area contributed by atoms with E-state index in [2.05, 4.69) is 14.7 Å². The molecule has 0 bridgehead atoms. The van der Waals surface area contributed by atoms with Crippen LogP contribution in [0.4, 0.5) is 0 Å². The van der Waals surface area contributed by atoms with E-state index in [1.165, 1.54) is 12.1 Å². The number of amidine groups is 1. The molecule has 9 heteroatoms. The second kappa shape index (κ2) is 10.9. The van der Waals surface area contributed by atoms with Gasteiger partial charge in [0.25, 0.3) is 0 Å². The van der Waals surface area contributed by atoms with Crippen LogP contribution in [0.1, 0.15) is 25.3 Å². The molecule has 8 nitrogen and oxygen atoms in total. The number of aromatic nitrogens is 1. The van der Waals surface area contributed by atoms with E-state index >= 15 is 0 Å². The van der Waals surface area contributed by atoms with Gasteiger partial charge in [-0.15, -0.1) is 0 Å². The van der Waals surface area contributed by atoms with Crippen molar-refractivity contribution in [2.45, 2.75) is 37.6 Å². The van der Waals surface area contributed by atoms with Gasteiger partial charge < -0.3 is 15.5 Å². The van der Waals surface area contributed by atoms with Crippen LogP contribution in [0.3, 0.4) is 0 Å². The standard InChI is InChI=1S/C24H28N4O4S/c1-17-10-12-21(13-11-17)33(30,31)28-22(9-6-14-26-18(2)25)24(29)32-20-15-23(27-16-20)19-7-4-3-5-8-19/h3-5,7-8,10-13,15-16,22,27-28H,6,9,14H2,1-2H3,(H2,25,26)/t22-/m0/s1. The third kappa shape index (κ3) is 7.03. The smallest absolute Gasteiger partial charge is 0.329 e. The number of carbonyl (C=O) groups excluding carboxylic acids is 1. The largest absolute Gasteiger partial charge is 0.424 e. The molecule has 0 saturated carbocycles. The van der Waals surface area contributed by atoms with Gasteiger partial charge in [-0.3, -0.25) is 4.99 Å². The van der Waals surface area contributed by atoms with Crippen molar-refractivity contribution < 1.29 is 17.9 Å². The van der Waals surface area contributed by atoms with Crippen LogP contribution in [0.5, 0.6) is 5.75 Å². The second-order valence-corrected chi connectivity index (χ2v) is 9.40. The summed E-state index contributed by atoms with van der Waals surface area (Å²) in [5.41, 5.74) is 8.20.